The van der Waals surface area contributed by atoms with Crippen molar-refractivity contribution in [3.63, 3.8) is 0 Å². The van der Waals surface area contributed by atoms with Crippen LogP contribution in [0.5, 0.6) is 0 Å². The SMILES string of the molecule is Cc1cc(N/N=C/c2ccc(Cl)cc2Cl)nc(N2CCOCC2)n1. The van der Waals surface area contributed by atoms with Gasteiger partial charge in [0.15, 0.2) is 5.82 Å². The number of nitrogens with one attached hydrogen (secondary N) is 1. The van der Waals surface area contributed by atoms with Gasteiger partial charge in [-0.15, -0.1) is 0 Å². The Kier molecular flexibility index (Phi) is 5.50. The van der Waals surface area contributed by atoms with Crippen molar-refractivity contribution in [3.05, 3.63) is 45.6 Å². The summed E-state index contributed by atoms with van der Waals surface area (Å²) in [4.78, 5) is 11.1. The molecule has 0 unspecified atom stereocenters. The zero-order valence-electron chi connectivity index (χ0n) is 13.2. The van der Waals surface area contributed by atoms with E-state index in [1.54, 1.807) is 24.4 Å². The molecule has 1 N–H and O–H groups in total. The fraction of sp³-hybridized carbons (Fsp3) is 0.312. The highest BCUT2D eigenvalue weighted by atomic mass is 35.5. The summed E-state index contributed by atoms with van der Waals surface area (Å²) in [5.74, 6) is 1.31. The molecular weight excluding hydrogens is 349 g/mol. The molecule has 1 aromatic carbocycles. The first-order valence-corrected chi connectivity index (χ1v) is 8.30. The van der Waals surface area contributed by atoms with Crippen LogP contribution in [-0.2, 0) is 4.74 Å². The van der Waals surface area contributed by atoms with Crippen molar-refractivity contribution in [1.82, 2.24) is 9.97 Å². The fourth-order valence-corrected chi connectivity index (χ4v) is 2.75. The first-order valence-electron chi connectivity index (χ1n) is 7.54. The molecule has 2 aromatic rings. The molecule has 0 atom stereocenters. The van der Waals surface area contributed by atoms with Crippen LogP contribution in [0.2, 0.25) is 10.0 Å². The van der Waals surface area contributed by atoms with Gasteiger partial charge in [-0.05, 0) is 19.1 Å². The largest absolute Gasteiger partial charge is 0.378 e. The zero-order valence-corrected chi connectivity index (χ0v) is 14.7. The van der Waals surface area contributed by atoms with E-state index in [-0.39, 0.29) is 0 Å². The molecule has 0 bridgehead atoms. The Hall–Kier alpha value is -1.89. The topological polar surface area (TPSA) is 62.6 Å². The third-order valence-corrected chi connectivity index (χ3v) is 4.04. The minimum absolute atomic E-state index is 0.543. The van der Waals surface area contributed by atoms with Gasteiger partial charge in [0.2, 0.25) is 5.95 Å². The number of hydrazone groups is 1. The molecule has 0 saturated carbocycles. The van der Waals surface area contributed by atoms with E-state index in [4.69, 9.17) is 27.9 Å². The van der Waals surface area contributed by atoms with Crippen molar-refractivity contribution in [2.75, 3.05) is 36.6 Å². The number of aromatic nitrogens is 2. The summed E-state index contributed by atoms with van der Waals surface area (Å²) >= 11 is 12.0. The van der Waals surface area contributed by atoms with Gasteiger partial charge in [0.25, 0.3) is 0 Å². The number of hydrogen-bond acceptors (Lipinski definition) is 6. The van der Waals surface area contributed by atoms with Gasteiger partial charge in [-0.25, -0.2) is 4.98 Å². The lowest BCUT2D eigenvalue weighted by Gasteiger charge is -2.27. The number of ether oxygens (including phenoxy) is 1. The molecule has 0 spiro atoms. The highest BCUT2D eigenvalue weighted by Gasteiger charge is 2.14. The average Bonchev–Trinajstić information content (AvgIpc) is 2.57. The first-order chi connectivity index (χ1) is 11.6. The average molecular weight is 366 g/mol. The van der Waals surface area contributed by atoms with E-state index >= 15 is 0 Å². The molecule has 1 saturated heterocycles. The smallest absolute Gasteiger partial charge is 0.227 e. The van der Waals surface area contributed by atoms with Crippen LogP contribution in [-0.4, -0.2) is 42.5 Å². The minimum atomic E-state index is 0.543. The molecule has 126 valence electrons. The number of rotatable bonds is 4. The second-order valence-corrected chi connectivity index (χ2v) is 6.17. The summed E-state index contributed by atoms with van der Waals surface area (Å²) in [7, 11) is 0. The maximum atomic E-state index is 6.12. The van der Waals surface area contributed by atoms with Crippen LogP contribution in [0.15, 0.2) is 29.4 Å². The van der Waals surface area contributed by atoms with Crippen molar-refractivity contribution in [1.29, 1.82) is 0 Å². The molecule has 1 aliphatic heterocycles. The molecule has 0 aliphatic carbocycles. The van der Waals surface area contributed by atoms with Gasteiger partial charge >= 0.3 is 0 Å². The number of halogens is 2. The van der Waals surface area contributed by atoms with Crippen LogP contribution in [0.1, 0.15) is 11.3 Å². The summed E-state index contributed by atoms with van der Waals surface area (Å²) in [5.41, 5.74) is 4.56. The molecule has 2 heterocycles. The van der Waals surface area contributed by atoms with Gasteiger partial charge < -0.3 is 9.64 Å². The Bertz CT molecular complexity index is 747. The summed E-state index contributed by atoms with van der Waals surface area (Å²) in [6, 6.07) is 7.08. The van der Waals surface area contributed by atoms with Gasteiger partial charge in [0, 0.05) is 35.4 Å². The van der Waals surface area contributed by atoms with Crippen LogP contribution < -0.4 is 10.3 Å². The number of morpholine rings is 1. The van der Waals surface area contributed by atoms with Gasteiger partial charge in [0.1, 0.15) is 0 Å². The van der Waals surface area contributed by atoms with E-state index < -0.39 is 0 Å². The second-order valence-electron chi connectivity index (χ2n) is 5.33. The van der Waals surface area contributed by atoms with E-state index in [9.17, 15) is 0 Å². The quantitative estimate of drug-likeness (QED) is 0.664. The highest BCUT2D eigenvalue weighted by molar-refractivity contribution is 6.36. The van der Waals surface area contributed by atoms with Crippen LogP contribution in [0.3, 0.4) is 0 Å². The van der Waals surface area contributed by atoms with Crippen LogP contribution in [0, 0.1) is 6.92 Å². The Balaban J connectivity index is 1.72. The van der Waals surface area contributed by atoms with E-state index in [0.717, 1.165) is 24.3 Å². The molecule has 1 fully saturated rings. The van der Waals surface area contributed by atoms with Gasteiger partial charge in [0.05, 0.1) is 24.5 Å². The van der Waals surface area contributed by atoms with Crippen molar-refractivity contribution < 1.29 is 4.74 Å². The van der Waals surface area contributed by atoms with Gasteiger partial charge in [-0.3, -0.25) is 5.43 Å². The molecular formula is C16H17Cl2N5O. The number of nitrogens with zero attached hydrogens (tertiary/aromatic N) is 4. The predicted molar refractivity (Wildman–Crippen MR) is 97.5 cm³/mol. The van der Waals surface area contributed by atoms with E-state index in [1.165, 1.54) is 0 Å². The summed E-state index contributed by atoms with van der Waals surface area (Å²) in [5, 5.41) is 5.33. The minimum Gasteiger partial charge on any atom is -0.378 e. The maximum absolute atomic E-state index is 6.12. The molecule has 0 radical (unpaired) electrons. The first kappa shape index (κ1) is 17.0. The normalized spacial score (nSPS) is 15.0. The zero-order chi connectivity index (χ0) is 16.9. The van der Waals surface area contributed by atoms with E-state index in [2.05, 4.69) is 25.4 Å². The molecule has 1 aliphatic rings. The lowest BCUT2D eigenvalue weighted by atomic mass is 10.2. The lowest BCUT2D eigenvalue weighted by Crippen LogP contribution is -2.37. The Morgan fingerprint density at radius 3 is 2.75 bits per heavy atom. The maximum Gasteiger partial charge on any atom is 0.227 e. The third kappa shape index (κ3) is 4.35. The number of anilines is 2. The van der Waals surface area contributed by atoms with Crippen molar-refractivity contribution in [2.45, 2.75) is 6.92 Å². The molecule has 3 rings (SSSR count). The monoisotopic (exact) mass is 365 g/mol. The van der Waals surface area contributed by atoms with E-state index in [1.807, 2.05) is 13.0 Å². The van der Waals surface area contributed by atoms with Crippen molar-refractivity contribution in [3.8, 4) is 0 Å². The molecule has 24 heavy (non-hydrogen) atoms. The molecule has 0 amide bonds. The lowest BCUT2D eigenvalue weighted by molar-refractivity contribution is 0.122. The van der Waals surface area contributed by atoms with E-state index in [0.29, 0.717) is 35.0 Å². The van der Waals surface area contributed by atoms with Crippen molar-refractivity contribution in [2.24, 2.45) is 5.10 Å². The predicted octanol–water partition coefficient (Wildman–Crippen LogP) is 3.37. The third-order valence-electron chi connectivity index (χ3n) is 3.48. The molecule has 8 heteroatoms. The number of hydrogen-bond donors (Lipinski definition) is 1. The summed E-state index contributed by atoms with van der Waals surface area (Å²) < 4.78 is 5.36. The Morgan fingerprint density at radius 2 is 2.00 bits per heavy atom. The molecule has 1 aromatic heterocycles. The van der Waals surface area contributed by atoms with Crippen LogP contribution in [0.25, 0.3) is 0 Å². The highest BCUT2D eigenvalue weighted by Crippen LogP contribution is 2.20. The van der Waals surface area contributed by atoms with Crippen molar-refractivity contribution >= 4 is 41.2 Å². The second kappa shape index (κ2) is 7.79. The summed E-state index contributed by atoms with van der Waals surface area (Å²) in [6.07, 6.45) is 1.63. The Labute approximate surface area is 150 Å². The summed E-state index contributed by atoms with van der Waals surface area (Å²) in [6.45, 7) is 4.87. The Morgan fingerprint density at radius 1 is 1.21 bits per heavy atom. The van der Waals surface area contributed by atoms with Gasteiger partial charge in [-0.1, -0.05) is 29.3 Å². The fourth-order valence-electron chi connectivity index (χ4n) is 2.29. The van der Waals surface area contributed by atoms with Crippen LogP contribution >= 0.6 is 23.2 Å². The molecule has 6 nitrogen and oxygen atoms in total. The standard InChI is InChI=1S/C16H17Cl2N5O/c1-11-8-15(21-16(20-11)23-4-6-24-7-5-23)22-19-10-12-2-3-13(17)9-14(12)18/h2-3,8-10H,4-7H2,1H3,(H,20,21,22)/b19-10+. The van der Waals surface area contributed by atoms with Gasteiger partial charge in [-0.2, -0.15) is 10.1 Å². The van der Waals surface area contributed by atoms with Crippen LogP contribution in [0.4, 0.5) is 11.8 Å². The number of benzene rings is 1. The number of aryl methyl sites for hydroxylation is 1.